The molecular formula is C28H26ClN3O5S. The van der Waals surface area contributed by atoms with Crippen molar-refractivity contribution in [1.82, 2.24) is 9.55 Å². The van der Waals surface area contributed by atoms with Crippen LogP contribution in [-0.4, -0.2) is 43.5 Å². The number of hydrogen-bond donors (Lipinski definition) is 1. The summed E-state index contributed by atoms with van der Waals surface area (Å²) < 4.78 is 39.7. The molecule has 0 atom stereocenters. The Kier molecular flexibility index (Phi) is 6.81. The molecule has 196 valence electrons. The molecule has 0 fully saturated rings. The van der Waals surface area contributed by atoms with Gasteiger partial charge in [0.05, 0.1) is 31.0 Å². The Labute approximate surface area is 225 Å². The maximum Gasteiger partial charge on any atom is 0.232 e. The van der Waals surface area contributed by atoms with Crippen molar-refractivity contribution in [2.24, 2.45) is 0 Å². The van der Waals surface area contributed by atoms with Crippen molar-refractivity contribution in [3.05, 3.63) is 89.2 Å². The number of pyridine rings is 1. The lowest BCUT2D eigenvalue weighted by Gasteiger charge is -2.21. The summed E-state index contributed by atoms with van der Waals surface area (Å²) in [5, 5.41) is 13.5. The number of nitrogens with zero attached hydrogens (tertiary/aromatic N) is 3. The van der Waals surface area contributed by atoms with E-state index in [0.717, 1.165) is 23.1 Å². The molecule has 2 heterocycles. The molecule has 0 aliphatic carbocycles. The molecule has 0 aliphatic rings. The molecule has 0 saturated heterocycles. The van der Waals surface area contributed by atoms with Crippen molar-refractivity contribution < 1.29 is 23.0 Å². The quantitative estimate of drug-likeness (QED) is 0.270. The van der Waals surface area contributed by atoms with Gasteiger partial charge in [0, 0.05) is 35.2 Å². The van der Waals surface area contributed by atoms with Crippen LogP contribution in [0.1, 0.15) is 11.1 Å². The highest BCUT2D eigenvalue weighted by Crippen LogP contribution is 2.47. The zero-order valence-corrected chi connectivity index (χ0v) is 22.6. The summed E-state index contributed by atoms with van der Waals surface area (Å²) in [6, 6.07) is 18.3. The van der Waals surface area contributed by atoms with Crippen molar-refractivity contribution in [2.45, 2.75) is 13.2 Å². The minimum absolute atomic E-state index is 0.0691. The minimum Gasteiger partial charge on any atom is -0.497 e. The van der Waals surface area contributed by atoms with Gasteiger partial charge in [-0.05, 0) is 47.5 Å². The summed E-state index contributed by atoms with van der Waals surface area (Å²) in [6.07, 6.45) is 4.48. The Bertz CT molecular complexity index is 1750. The summed E-state index contributed by atoms with van der Waals surface area (Å²) in [6.45, 7) is 0.510. The van der Waals surface area contributed by atoms with E-state index in [1.165, 1.54) is 11.4 Å². The molecule has 10 heteroatoms. The average molecular weight is 552 g/mol. The number of rotatable bonds is 8. The van der Waals surface area contributed by atoms with Crippen molar-refractivity contribution >= 4 is 49.0 Å². The highest BCUT2D eigenvalue weighted by molar-refractivity contribution is 7.92. The second-order valence-electron chi connectivity index (χ2n) is 8.94. The van der Waals surface area contributed by atoms with E-state index >= 15 is 0 Å². The first-order valence-electron chi connectivity index (χ1n) is 11.7. The van der Waals surface area contributed by atoms with Gasteiger partial charge in [-0.2, -0.15) is 0 Å². The predicted octanol–water partition coefficient (Wildman–Crippen LogP) is 5.58. The van der Waals surface area contributed by atoms with Crippen molar-refractivity contribution in [2.75, 3.05) is 24.7 Å². The summed E-state index contributed by atoms with van der Waals surface area (Å²) in [7, 11) is -0.548. The molecule has 0 aliphatic heterocycles. The fourth-order valence-electron chi connectivity index (χ4n) is 4.47. The third kappa shape index (κ3) is 4.82. The second-order valence-corrected chi connectivity index (χ2v) is 11.4. The Morgan fingerprint density at radius 3 is 2.50 bits per heavy atom. The van der Waals surface area contributed by atoms with E-state index in [1.54, 1.807) is 42.3 Å². The lowest BCUT2D eigenvalue weighted by Crippen LogP contribution is -2.25. The predicted molar refractivity (Wildman–Crippen MR) is 150 cm³/mol. The van der Waals surface area contributed by atoms with E-state index in [4.69, 9.17) is 21.1 Å². The van der Waals surface area contributed by atoms with Crippen LogP contribution in [0.3, 0.4) is 0 Å². The van der Waals surface area contributed by atoms with Gasteiger partial charge in [-0.1, -0.05) is 35.9 Å². The molecule has 1 N–H and O–H groups in total. The Morgan fingerprint density at radius 2 is 1.82 bits per heavy atom. The summed E-state index contributed by atoms with van der Waals surface area (Å²) in [4.78, 5) is 4.54. The van der Waals surface area contributed by atoms with Crippen LogP contribution < -0.4 is 13.8 Å². The van der Waals surface area contributed by atoms with Gasteiger partial charge in [0.2, 0.25) is 15.9 Å². The van der Waals surface area contributed by atoms with Crippen LogP contribution in [-0.2, 0) is 23.2 Å². The molecular weight excluding hydrogens is 526 g/mol. The average Bonchev–Trinajstić information content (AvgIpc) is 3.21. The van der Waals surface area contributed by atoms with Gasteiger partial charge in [0.1, 0.15) is 17.9 Å². The standard InChI is InChI=1S/C28H26ClN3O5S/c1-31(38(3,34)35)26-22-8-5-13-30-25(22)27(37-17-18-9-11-21(36-2)12-10-18)24-23(26)16-32(28(24)33)15-19-6-4-7-20(29)14-19/h4-14,16,33H,15,17H2,1-3H3. The molecule has 3 aromatic carbocycles. The van der Waals surface area contributed by atoms with Crippen LogP contribution in [0.25, 0.3) is 21.7 Å². The molecule has 0 unspecified atom stereocenters. The number of ether oxygens (including phenoxy) is 2. The number of hydrogen-bond acceptors (Lipinski definition) is 6. The first-order valence-corrected chi connectivity index (χ1v) is 14.0. The zero-order valence-electron chi connectivity index (χ0n) is 21.1. The fourth-order valence-corrected chi connectivity index (χ4v) is 5.21. The van der Waals surface area contributed by atoms with Gasteiger partial charge < -0.3 is 19.1 Å². The third-order valence-corrected chi connectivity index (χ3v) is 7.82. The van der Waals surface area contributed by atoms with Gasteiger partial charge in [-0.15, -0.1) is 0 Å². The van der Waals surface area contributed by atoms with E-state index in [2.05, 4.69) is 4.98 Å². The van der Waals surface area contributed by atoms with Crippen LogP contribution in [0.2, 0.25) is 5.02 Å². The van der Waals surface area contributed by atoms with Gasteiger partial charge >= 0.3 is 0 Å². The van der Waals surface area contributed by atoms with E-state index in [0.29, 0.717) is 44.7 Å². The molecule has 0 spiro atoms. The Morgan fingerprint density at radius 1 is 1.05 bits per heavy atom. The van der Waals surface area contributed by atoms with E-state index in [9.17, 15) is 13.5 Å². The monoisotopic (exact) mass is 551 g/mol. The first kappa shape index (κ1) is 25.7. The van der Waals surface area contributed by atoms with E-state index < -0.39 is 10.0 Å². The van der Waals surface area contributed by atoms with Crippen LogP contribution in [0.15, 0.2) is 73.1 Å². The number of aromatic nitrogens is 2. The zero-order chi connectivity index (χ0) is 27.0. The van der Waals surface area contributed by atoms with Gasteiger partial charge in [0.25, 0.3) is 0 Å². The Hall–Kier alpha value is -3.95. The molecule has 0 saturated carbocycles. The molecule has 5 rings (SSSR count). The number of fused-ring (bicyclic) bond motifs is 2. The lowest BCUT2D eigenvalue weighted by molar-refractivity contribution is 0.311. The van der Waals surface area contributed by atoms with Crippen LogP contribution in [0.4, 0.5) is 5.69 Å². The fraction of sp³-hybridized carbons (Fsp3) is 0.179. The molecule has 8 nitrogen and oxygen atoms in total. The number of anilines is 1. The van der Waals surface area contributed by atoms with Gasteiger partial charge in [0.15, 0.2) is 5.75 Å². The second kappa shape index (κ2) is 10.1. The number of halogens is 1. The highest BCUT2D eigenvalue weighted by atomic mass is 35.5. The minimum atomic E-state index is -3.64. The van der Waals surface area contributed by atoms with Crippen LogP contribution in [0, 0.1) is 0 Å². The first-order chi connectivity index (χ1) is 18.2. The van der Waals surface area contributed by atoms with Crippen LogP contribution >= 0.6 is 11.6 Å². The summed E-state index contributed by atoms with van der Waals surface area (Å²) in [5.41, 5.74) is 2.60. The Balaban J connectivity index is 1.73. The molecule has 5 aromatic rings. The highest BCUT2D eigenvalue weighted by Gasteiger charge is 2.27. The number of methoxy groups -OCH3 is 1. The lowest BCUT2D eigenvalue weighted by atomic mass is 10.1. The van der Waals surface area contributed by atoms with Crippen molar-refractivity contribution in [3.8, 4) is 17.4 Å². The van der Waals surface area contributed by atoms with Crippen molar-refractivity contribution in [1.29, 1.82) is 0 Å². The largest absolute Gasteiger partial charge is 0.497 e. The number of benzene rings is 3. The molecule has 0 radical (unpaired) electrons. The topological polar surface area (TPSA) is 93.9 Å². The molecule has 38 heavy (non-hydrogen) atoms. The van der Waals surface area contributed by atoms with E-state index in [-0.39, 0.29) is 12.5 Å². The number of aromatic hydroxyl groups is 1. The maximum absolute atomic E-state index is 12.7. The molecule has 0 bridgehead atoms. The smallest absolute Gasteiger partial charge is 0.232 e. The molecule has 2 aromatic heterocycles. The number of sulfonamides is 1. The SMILES string of the molecule is COc1ccc(COc2c3ncccc3c(N(C)S(C)(=O)=O)c3cn(Cc4cccc(Cl)c4)c(O)c23)cc1. The van der Waals surface area contributed by atoms with Crippen molar-refractivity contribution in [3.63, 3.8) is 0 Å². The maximum atomic E-state index is 12.7. The third-order valence-electron chi connectivity index (χ3n) is 6.41. The molecule has 0 amide bonds. The van der Waals surface area contributed by atoms with E-state index in [1.807, 2.05) is 42.5 Å². The van der Waals surface area contributed by atoms with Gasteiger partial charge in [-0.3, -0.25) is 9.29 Å². The summed E-state index contributed by atoms with van der Waals surface area (Å²) in [5.74, 6) is 1.02. The van der Waals surface area contributed by atoms with Crippen LogP contribution in [0.5, 0.6) is 17.4 Å². The summed E-state index contributed by atoms with van der Waals surface area (Å²) >= 11 is 6.18. The van der Waals surface area contributed by atoms with Gasteiger partial charge in [-0.25, -0.2) is 8.42 Å². The normalized spacial score (nSPS) is 11.7.